The zero-order valence-electron chi connectivity index (χ0n) is 15.5. The largest absolute Gasteiger partial charge is 0.332 e. The van der Waals surface area contributed by atoms with Gasteiger partial charge in [-0.25, -0.2) is 0 Å². The van der Waals surface area contributed by atoms with E-state index in [0.29, 0.717) is 22.5 Å². The number of amides is 2. The minimum Gasteiger partial charge on any atom is -0.332 e. The third-order valence-electron chi connectivity index (χ3n) is 4.08. The van der Waals surface area contributed by atoms with Crippen molar-refractivity contribution in [1.82, 2.24) is 5.32 Å². The van der Waals surface area contributed by atoms with Crippen molar-refractivity contribution in [2.75, 3.05) is 10.6 Å². The van der Waals surface area contributed by atoms with Crippen LogP contribution in [-0.2, 0) is 0 Å². The highest BCUT2D eigenvalue weighted by molar-refractivity contribution is 9.10. The third-order valence-corrected chi connectivity index (χ3v) is 5.13. The molecule has 0 aromatic heterocycles. The van der Waals surface area contributed by atoms with E-state index in [-0.39, 0.29) is 16.9 Å². The fourth-order valence-corrected chi connectivity index (χ4v) is 3.13. The van der Waals surface area contributed by atoms with Gasteiger partial charge in [0.05, 0.1) is 0 Å². The molecule has 0 bridgehead atoms. The van der Waals surface area contributed by atoms with Crippen LogP contribution in [0.5, 0.6) is 0 Å². The number of thiocarbonyl (C=S) groups is 1. The van der Waals surface area contributed by atoms with Gasteiger partial charge in [-0.1, -0.05) is 46.3 Å². The van der Waals surface area contributed by atoms with Gasteiger partial charge in [0.15, 0.2) is 5.11 Å². The highest BCUT2D eigenvalue weighted by atomic mass is 79.9. The summed E-state index contributed by atoms with van der Waals surface area (Å²) in [5.41, 5.74) is 3.36. The molecule has 7 heteroatoms. The summed E-state index contributed by atoms with van der Waals surface area (Å²) < 4.78 is 0.853. The Bertz CT molecular complexity index is 1070. The molecule has 0 aliphatic rings. The van der Waals surface area contributed by atoms with Gasteiger partial charge < -0.3 is 10.6 Å². The molecule has 2 amide bonds. The normalized spacial score (nSPS) is 10.1. The Hall–Kier alpha value is -3.03. The number of hydrogen-bond acceptors (Lipinski definition) is 3. The van der Waals surface area contributed by atoms with Gasteiger partial charge in [-0.05, 0) is 67.2 Å². The Morgan fingerprint density at radius 2 is 1.48 bits per heavy atom. The summed E-state index contributed by atoms with van der Waals surface area (Å²) in [4.78, 5) is 24.6. The van der Waals surface area contributed by atoms with Gasteiger partial charge in [0.1, 0.15) is 0 Å². The molecular formula is C22H18BrN3O2S. The topological polar surface area (TPSA) is 70.2 Å². The number of benzene rings is 3. The lowest BCUT2D eigenvalue weighted by atomic mass is 10.1. The molecule has 0 saturated carbocycles. The van der Waals surface area contributed by atoms with Crippen molar-refractivity contribution in [3.8, 4) is 0 Å². The molecule has 0 aliphatic heterocycles. The van der Waals surface area contributed by atoms with Crippen LogP contribution in [0.1, 0.15) is 26.3 Å². The van der Waals surface area contributed by atoms with Gasteiger partial charge in [-0.15, -0.1) is 0 Å². The number of aryl methyl sites for hydroxylation is 1. The van der Waals surface area contributed by atoms with Gasteiger partial charge in [0, 0.05) is 27.0 Å². The maximum absolute atomic E-state index is 12.4. The molecule has 0 spiro atoms. The fourth-order valence-electron chi connectivity index (χ4n) is 2.54. The quantitative estimate of drug-likeness (QED) is 0.464. The van der Waals surface area contributed by atoms with Gasteiger partial charge in [0.2, 0.25) is 0 Å². The predicted octanol–water partition coefficient (Wildman–Crippen LogP) is 5.14. The number of hydrogen-bond donors (Lipinski definition) is 3. The van der Waals surface area contributed by atoms with Crippen molar-refractivity contribution in [1.29, 1.82) is 0 Å². The highest BCUT2D eigenvalue weighted by Crippen LogP contribution is 2.18. The standard InChI is InChI=1S/C22H18BrN3O2S/c1-14-10-11-16(12-19(14)23)21(28)26-22(29)25-18-9-5-8-17(13-18)24-20(27)15-6-3-2-4-7-15/h2-13H,1H3,(H,24,27)(H2,25,26,28,29). The smallest absolute Gasteiger partial charge is 0.257 e. The van der Waals surface area contributed by atoms with Gasteiger partial charge >= 0.3 is 0 Å². The van der Waals surface area contributed by atoms with E-state index >= 15 is 0 Å². The second-order valence-corrected chi connectivity index (χ2v) is 7.54. The zero-order chi connectivity index (χ0) is 20.8. The lowest BCUT2D eigenvalue weighted by Gasteiger charge is -2.12. The number of anilines is 2. The molecule has 0 heterocycles. The van der Waals surface area contributed by atoms with Crippen molar-refractivity contribution >= 4 is 56.4 Å². The first-order valence-electron chi connectivity index (χ1n) is 8.77. The Kier molecular flexibility index (Phi) is 6.74. The molecule has 0 radical (unpaired) electrons. The lowest BCUT2D eigenvalue weighted by molar-refractivity contribution is 0.0976. The SMILES string of the molecule is Cc1ccc(C(=O)NC(=S)Nc2cccc(NC(=O)c3ccccc3)c2)cc1Br. The fraction of sp³-hybridized carbons (Fsp3) is 0.0455. The van der Waals surface area contributed by atoms with E-state index in [4.69, 9.17) is 12.2 Å². The second-order valence-electron chi connectivity index (χ2n) is 6.27. The van der Waals surface area contributed by atoms with Crippen molar-refractivity contribution in [2.45, 2.75) is 6.92 Å². The van der Waals surface area contributed by atoms with Crippen LogP contribution in [0.25, 0.3) is 0 Å². The van der Waals surface area contributed by atoms with Gasteiger partial charge in [-0.2, -0.15) is 0 Å². The summed E-state index contributed by atoms with van der Waals surface area (Å²) in [6.07, 6.45) is 0. The number of nitrogens with one attached hydrogen (secondary N) is 3. The summed E-state index contributed by atoms with van der Waals surface area (Å²) in [5, 5.41) is 8.61. The molecule has 5 nitrogen and oxygen atoms in total. The number of carbonyl (C=O) groups excluding carboxylic acids is 2. The molecule has 0 unspecified atom stereocenters. The average Bonchev–Trinajstić information content (AvgIpc) is 2.70. The van der Waals surface area contributed by atoms with E-state index in [1.54, 1.807) is 60.7 Å². The Morgan fingerprint density at radius 3 is 2.17 bits per heavy atom. The molecule has 0 aliphatic carbocycles. The van der Waals surface area contributed by atoms with Crippen LogP contribution < -0.4 is 16.0 Å². The van der Waals surface area contributed by atoms with Crippen molar-refractivity contribution in [3.63, 3.8) is 0 Å². The zero-order valence-corrected chi connectivity index (χ0v) is 17.9. The second kappa shape index (κ2) is 9.45. The first kappa shape index (κ1) is 20.7. The van der Waals surface area contributed by atoms with Gasteiger partial charge in [0.25, 0.3) is 11.8 Å². The Balaban J connectivity index is 1.62. The number of rotatable bonds is 4. The number of halogens is 1. The van der Waals surface area contributed by atoms with Gasteiger partial charge in [-0.3, -0.25) is 14.9 Å². The molecule has 0 atom stereocenters. The Labute approximate surface area is 182 Å². The summed E-state index contributed by atoms with van der Waals surface area (Å²) in [6.45, 7) is 1.95. The first-order chi connectivity index (χ1) is 13.9. The third kappa shape index (κ3) is 5.73. The van der Waals surface area contributed by atoms with Crippen molar-refractivity contribution in [2.24, 2.45) is 0 Å². The lowest BCUT2D eigenvalue weighted by Crippen LogP contribution is -2.34. The summed E-state index contributed by atoms with van der Waals surface area (Å²) in [7, 11) is 0. The molecule has 0 fully saturated rings. The van der Waals surface area contributed by atoms with Crippen molar-refractivity contribution in [3.05, 3.63) is 94.0 Å². The average molecular weight is 468 g/mol. The molecule has 3 aromatic rings. The molecule has 3 rings (SSSR count). The molecule has 29 heavy (non-hydrogen) atoms. The van der Waals surface area contributed by atoms with E-state index in [0.717, 1.165) is 10.0 Å². The van der Waals surface area contributed by atoms with Crippen LogP contribution in [0.4, 0.5) is 11.4 Å². The van der Waals surface area contributed by atoms with Crippen LogP contribution in [0, 0.1) is 6.92 Å². The molecule has 3 N–H and O–H groups in total. The Morgan fingerprint density at radius 1 is 0.793 bits per heavy atom. The van der Waals surface area contributed by atoms with Crippen LogP contribution in [0.2, 0.25) is 0 Å². The van der Waals surface area contributed by atoms with Crippen LogP contribution in [0.3, 0.4) is 0 Å². The summed E-state index contributed by atoms with van der Waals surface area (Å²) >= 11 is 8.65. The number of carbonyl (C=O) groups is 2. The van der Waals surface area contributed by atoms with E-state index in [2.05, 4.69) is 31.9 Å². The maximum Gasteiger partial charge on any atom is 0.257 e. The van der Waals surface area contributed by atoms with E-state index < -0.39 is 0 Å². The molecule has 146 valence electrons. The maximum atomic E-state index is 12.4. The van der Waals surface area contributed by atoms with Crippen LogP contribution >= 0.6 is 28.1 Å². The van der Waals surface area contributed by atoms with E-state index in [1.165, 1.54) is 0 Å². The molecular weight excluding hydrogens is 450 g/mol. The predicted molar refractivity (Wildman–Crippen MR) is 123 cm³/mol. The minimum atomic E-state index is -0.309. The molecule has 3 aromatic carbocycles. The molecule has 0 saturated heterocycles. The van der Waals surface area contributed by atoms with E-state index in [1.807, 2.05) is 19.1 Å². The summed E-state index contributed by atoms with van der Waals surface area (Å²) in [6, 6.07) is 21.4. The van der Waals surface area contributed by atoms with E-state index in [9.17, 15) is 9.59 Å². The van der Waals surface area contributed by atoms with Crippen LogP contribution in [0.15, 0.2) is 77.3 Å². The first-order valence-corrected chi connectivity index (χ1v) is 9.97. The summed E-state index contributed by atoms with van der Waals surface area (Å²) in [5.74, 6) is -0.514. The monoisotopic (exact) mass is 467 g/mol. The van der Waals surface area contributed by atoms with Crippen molar-refractivity contribution < 1.29 is 9.59 Å². The minimum absolute atomic E-state index is 0.165. The van der Waals surface area contributed by atoms with Crippen LogP contribution in [-0.4, -0.2) is 16.9 Å². The highest BCUT2D eigenvalue weighted by Gasteiger charge is 2.10.